The highest BCUT2D eigenvalue weighted by Crippen LogP contribution is 2.37. The number of fused-ring (bicyclic) bond motifs is 2. The van der Waals surface area contributed by atoms with Gasteiger partial charge in [0.25, 0.3) is 5.91 Å². The van der Waals surface area contributed by atoms with Crippen molar-refractivity contribution in [1.82, 2.24) is 29.6 Å². The number of carbonyl (C=O) groups is 1. The van der Waals surface area contributed by atoms with Gasteiger partial charge in [0, 0.05) is 25.7 Å². The van der Waals surface area contributed by atoms with E-state index in [0.29, 0.717) is 35.4 Å². The smallest absolute Gasteiger partial charge is 0.292 e. The average molecular weight is 366 g/mol. The third kappa shape index (κ3) is 2.35. The first-order valence-electron chi connectivity index (χ1n) is 8.48. The first kappa shape index (κ1) is 15.7. The predicted octanol–water partition coefficient (Wildman–Crippen LogP) is 2.21. The lowest BCUT2D eigenvalue weighted by atomic mass is 10.00. The molecule has 3 aromatic heterocycles. The predicted molar refractivity (Wildman–Crippen MR) is 92.3 cm³/mol. The largest absolute Gasteiger partial charge is 0.458 e. The van der Waals surface area contributed by atoms with Crippen LogP contribution in [0.15, 0.2) is 41.3 Å². The van der Waals surface area contributed by atoms with Gasteiger partial charge in [-0.05, 0) is 18.2 Å². The highest BCUT2D eigenvalue weighted by Gasteiger charge is 2.38. The molecule has 0 unspecified atom stereocenters. The van der Waals surface area contributed by atoms with E-state index >= 15 is 0 Å². The molecule has 27 heavy (non-hydrogen) atoms. The Bertz CT molecular complexity index is 1160. The van der Waals surface area contributed by atoms with E-state index in [0.717, 1.165) is 5.69 Å². The number of nitrogens with one attached hydrogen (secondary N) is 1. The van der Waals surface area contributed by atoms with E-state index in [9.17, 15) is 9.18 Å². The number of H-pyrrole nitrogens is 1. The number of imidazole rings is 1. The lowest BCUT2D eigenvalue weighted by molar-refractivity contribution is 0.0655. The fourth-order valence-electron chi connectivity index (χ4n) is 3.58. The Morgan fingerprint density at radius 2 is 2.26 bits per heavy atom. The minimum absolute atomic E-state index is 0.223. The first-order chi connectivity index (χ1) is 13.1. The van der Waals surface area contributed by atoms with Gasteiger partial charge in [-0.1, -0.05) is 6.07 Å². The first-order valence-corrected chi connectivity index (χ1v) is 8.48. The molecule has 9 heteroatoms. The van der Waals surface area contributed by atoms with Gasteiger partial charge in [0.15, 0.2) is 0 Å². The average Bonchev–Trinajstić information content (AvgIpc) is 3.39. The fraction of sp³-hybridized carbons (Fsp3) is 0.222. The lowest BCUT2D eigenvalue weighted by Crippen LogP contribution is -2.41. The van der Waals surface area contributed by atoms with Crippen molar-refractivity contribution in [3.8, 4) is 0 Å². The molecule has 0 aliphatic carbocycles. The third-order valence-electron chi connectivity index (χ3n) is 4.89. The van der Waals surface area contributed by atoms with Crippen molar-refractivity contribution in [1.29, 1.82) is 0 Å². The zero-order chi connectivity index (χ0) is 18.5. The van der Waals surface area contributed by atoms with Gasteiger partial charge in [0.05, 0.1) is 17.4 Å². The second-order valence-electron chi connectivity index (χ2n) is 6.43. The van der Waals surface area contributed by atoms with Crippen molar-refractivity contribution in [2.24, 2.45) is 7.05 Å². The number of carbonyl (C=O) groups excluding carboxylic acids is 1. The summed E-state index contributed by atoms with van der Waals surface area (Å²) in [5.41, 5.74) is 2.05. The minimum Gasteiger partial charge on any atom is -0.458 e. The number of aromatic amines is 1. The summed E-state index contributed by atoms with van der Waals surface area (Å²) >= 11 is 0. The van der Waals surface area contributed by atoms with Gasteiger partial charge in [-0.3, -0.25) is 4.79 Å². The van der Waals surface area contributed by atoms with Gasteiger partial charge in [-0.2, -0.15) is 5.10 Å². The van der Waals surface area contributed by atoms with Crippen LogP contribution < -0.4 is 0 Å². The third-order valence-corrected chi connectivity index (χ3v) is 4.89. The molecule has 0 saturated heterocycles. The van der Waals surface area contributed by atoms with Crippen LogP contribution in [-0.2, 0) is 13.5 Å². The summed E-state index contributed by atoms with van der Waals surface area (Å²) in [5.74, 6) is 0.0289. The quantitative estimate of drug-likeness (QED) is 0.587. The van der Waals surface area contributed by atoms with Crippen molar-refractivity contribution in [3.63, 3.8) is 0 Å². The molecule has 0 fully saturated rings. The van der Waals surface area contributed by atoms with Crippen molar-refractivity contribution < 1.29 is 13.6 Å². The number of aromatic nitrogens is 5. The Balaban J connectivity index is 1.66. The molecule has 5 rings (SSSR count). The van der Waals surface area contributed by atoms with Gasteiger partial charge in [-0.25, -0.2) is 19.0 Å². The molecule has 136 valence electrons. The zero-order valence-electron chi connectivity index (χ0n) is 14.4. The summed E-state index contributed by atoms with van der Waals surface area (Å²) in [6.45, 7) is 0.449. The minimum atomic E-state index is -0.573. The molecule has 1 amide bonds. The number of amides is 1. The Hall–Kier alpha value is -3.49. The molecular formula is C18H15FN6O2. The van der Waals surface area contributed by atoms with Crippen LogP contribution >= 0.6 is 0 Å². The van der Waals surface area contributed by atoms with Crippen molar-refractivity contribution in [3.05, 3.63) is 65.7 Å². The Morgan fingerprint density at radius 3 is 3.04 bits per heavy atom. The van der Waals surface area contributed by atoms with E-state index in [-0.39, 0.29) is 17.5 Å². The number of halogens is 1. The number of benzene rings is 1. The molecule has 4 aromatic rings. The number of hydrogen-bond donors (Lipinski definition) is 1. The van der Waals surface area contributed by atoms with Gasteiger partial charge in [0.2, 0.25) is 5.82 Å². The van der Waals surface area contributed by atoms with Gasteiger partial charge >= 0.3 is 0 Å². The second-order valence-corrected chi connectivity index (χ2v) is 6.43. The lowest BCUT2D eigenvalue weighted by Gasteiger charge is -2.33. The second kappa shape index (κ2) is 5.76. The monoisotopic (exact) mass is 366 g/mol. The number of rotatable bonds is 2. The van der Waals surface area contributed by atoms with Gasteiger partial charge in [-0.15, -0.1) is 0 Å². The highest BCUT2D eigenvalue weighted by molar-refractivity contribution is 5.91. The molecule has 4 heterocycles. The van der Waals surface area contributed by atoms with E-state index in [4.69, 9.17) is 4.42 Å². The molecule has 0 spiro atoms. The molecule has 0 radical (unpaired) electrons. The van der Waals surface area contributed by atoms with E-state index < -0.39 is 6.04 Å². The summed E-state index contributed by atoms with van der Waals surface area (Å²) in [6.07, 6.45) is 3.56. The summed E-state index contributed by atoms with van der Waals surface area (Å²) in [4.78, 5) is 26.3. The van der Waals surface area contributed by atoms with Crippen molar-refractivity contribution in [2.75, 3.05) is 6.54 Å². The maximum absolute atomic E-state index is 14.2. The summed E-state index contributed by atoms with van der Waals surface area (Å²) in [6, 6.07) is 5.73. The maximum Gasteiger partial charge on any atom is 0.292 e. The van der Waals surface area contributed by atoms with Crippen LogP contribution in [0.3, 0.4) is 0 Å². The standard InChI is InChI=1S/C18H15FN6O2/c1-24-17(22-9-23-24)18(26)25-6-5-12-15(21-8-20-12)16(25)14-7-10-11(19)3-2-4-13(10)27-14/h2-4,7-9,16H,5-6H2,1H3,(H,20,21)/t16-/m1/s1. The number of aryl methyl sites for hydroxylation is 1. The molecule has 1 atom stereocenters. The molecule has 1 aromatic carbocycles. The van der Waals surface area contributed by atoms with Crippen LogP contribution in [0.25, 0.3) is 11.0 Å². The summed E-state index contributed by atoms with van der Waals surface area (Å²) in [7, 11) is 1.66. The number of hydrogen-bond acceptors (Lipinski definition) is 5. The number of furan rings is 1. The molecule has 0 saturated carbocycles. The van der Waals surface area contributed by atoms with Crippen LogP contribution in [0.2, 0.25) is 0 Å². The molecule has 1 N–H and O–H groups in total. The fourth-order valence-corrected chi connectivity index (χ4v) is 3.58. The van der Waals surface area contributed by atoms with Crippen molar-refractivity contribution in [2.45, 2.75) is 12.5 Å². The van der Waals surface area contributed by atoms with Crippen molar-refractivity contribution >= 4 is 16.9 Å². The summed E-state index contributed by atoms with van der Waals surface area (Å²) < 4.78 is 21.5. The van der Waals surface area contributed by atoms with E-state index in [1.165, 1.54) is 17.1 Å². The number of nitrogens with zero attached hydrogens (tertiary/aromatic N) is 5. The van der Waals surface area contributed by atoms with E-state index in [1.54, 1.807) is 36.5 Å². The maximum atomic E-state index is 14.2. The highest BCUT2D eigenvalue weighted by atomic mass is 19.1. The molecule has 1 aliphatic rings. The van der Waals surface area contributed by atoms with Crippen LogP contribution in [-0.4, -0.2) is 42.1 Å². The summed E-state index contributed by atoms with van der Waals surface area (Å²) in [5, 5.41) is 4.35. The SMILES string of the molecule is Cn1ncnc1C(=O)N1CCc2[nH]cnc2[C@H]1c1cc2c(F)cccc2o1. The molecule has 1 aliphatic heterocycles. The molecule has 8 nitrogen and oxygen atoms in total. The zero-order valence-corrected chi connectivity index (χ0v) is 14.4. The van der Waals surface area contributed by atoms with Crippen LogP contribution in [0, 0.1) is 5.82 Å². The van der Waals surface area contributed by atoms with Crippen LogP contribution in [0.1, 0.15) is 33.8 Å². The Morgan fingerprint density at radius 1 is 1.37 bits per heavy atom. The Labute approximate surface area is 152 Å². The molecular weight excluding hydrogens is 351 g/mol. The van der Waals surface area contributed by atoms with Crippen LogP contribution in [0.5, 0.6) is 0 Å². The van der Waals surface area contributed by atoms with Crippen LogP contribution in [0.4, 0.5) is 4.39 Å². The Kier molecular flexibility index (Phi) is 3.36. The van der Waals surface area contributed by atoms with Gasteiger partial charge in [0.1, 0.15) is 29.5 Å². The normalized spacial score (nSPS) is 16.7. The molecule has 0 bridgehead atoms. The topological polar surface area (TPSA) is 92.8 Å². The van der Waals surface area contributed by atoms with E-state index in [1.807, 2.05) is 0 Å². The van der Waals surface area contributed by atoms with E-state index in [2.05, 4.69) is 20.1 Å². The van der Waals surface area contributed by atoms with Gasteiger partial charge < -0.3 is 14.3 Å².